The van der Waals surface area contributed by atoms with Crippen LogP contribution in [0.25, 0.3) is 10.9 Å². The van der Waals surface area contributed by atoms with Crippen LogP contribution in [0.3, 0.4) is 0 Å². The lowest BCUT2D eigenvalue weighted by Gasteiger charge is -2.36. The summed E-state index contributed by atoms with van der Waals surface area (Å²) in [6.07, 6.45) is 2.88. The van der Waals surface area contributed by atoms with E-state index in [1.54, 1.807) is 17.1 Å². The molecule has 1 saturated heterocycles. The average Bonchev–Trinajstić information content (AvgIpc) is 2.51. The van der Waals surface area contributed by atoms with E-state index in [4.69, 9.17) is 0 Å². The Morgan fingerprint density at radius 1 is 1.44 bits per heavy atom. The zero-order chi connectivity index (χ0) is 11.3. The third kappa shape index (κ3) is 1.39. The van der Waals surface area contributed by atoms with E-state index >= 15 is 0 Å². The van der Waals surface area contributed by atoms with Gasteiger partial charge in [0.15, 0.2) is 0 Å². The molecular weight excluding hydrogens is 322 g/mol. The van der Waals surface area contributed by atoms with E-state index in [9.17, 15) is 4.39 Å². The molecule has 0 atom stereocenters. The van der Waals surface area contributed by atoms with Gasteiger partial charge in [-0.3, -0.25) is 9.67 Å². The number of hydrogen-bond acceptors (Lipinski definition) is 3. The zero-order valence-corrected chi connectivity index (χ0v) is 10.8. The summed E-state index contributed by atoms with van der Waals surface area (Å²) in [7, 11) is 1.89. The van der Waals surface area contributed by atoms with E-state index < -0.39 is 6.17 Å². The molecule has 0 amide bonds. The SMILES string of the molecule is Cn1nc(I)c2c(N3CC(F)C3)cncc21. The van der Waals surface area contributed by atoms with Crippen LogP contribution in [-0.2, 0) is 7.05 Å². The van der Waals surface area contributed by atoms with Gasteiger partial charge in [0.2, 0.25) is 0 Å². The second-order valence-electron chi connectivity index (χ2n) is 3.97. The lowest BCUT2D eigenvalue weighted by atomic mass is 10.1. The fourth-order valence-electron chi connectivity index (χ4n) is 1.99. The molecule has 6 heteroatoms. The van der Waals surface area contributed by atoms with Crippen LogP contribution in [0.1, 0.15) is 0 Å². The van der Waals surface area contributed by atoms with Crippen LogP contribution in [0.15, 0.2) is 12.4 Å². The van der Waals surface area contributed by atoms with E-state index in [0.29, 0.717) is 13.1 Å². The Hall–Kier alpha value is -0.920. The van der Waals surface area contributed by atoms with Crippen molar-refractivity contribution in [3.63, 3.8) is 0 Å². The van der Waals surface area contributed by atoms with E-state index in [0.717, 1.165) is 20.3 Å². The number of aryl methyl sites for hydroxylation is 1. The Morgan fingerprint density at radius 2 is 2.19 bits per heavy atom. The van der Waals surface area contributed by atoms with Crippen LogP contribution >= 0.6 is 22.6 Å². The number of alkyl halides is 1. The van der Waals surface area contributed by atoms with Crippen LogP contribution in [0, 0.1) is 3.70 Å². The van der Waals surface area contributed by atoms with E-state index in [1.807, 2.05) is 11.9 Å². The van der Waals surface area contributed by atoms with Crippen molar-refractivity contribution in [2.45, 2.75) is 6.17 Å². The van der Waals surface area contributed by atoms with Crippen molar-refractivity contribution in [2.75, 3.05) is 18.0 Å². The predicted octanol–water partition coefficient (Wildman–Crippen LogP) is 1.73. The number of aromatic nitrogens is 3. The van der Waals surface area contributed by atoms with Crippen molar-refractivity contribution in [3.05, 3.63) is 16.1 Å². The molecule has 2 aromatic rings. The molecule has 16 heavy (non-hydrogen) atoms. The van der Waals surface area contributed by atoms with Crippen LogP contribution < -0.4 is 4.90 Å². The summed E-state index contributed by atoms with van der Waals surface area (Å²) in [5.41, 5.74) is 1.98. The first-order chi connectivity index (χ1) is 7.66. The minimum atomic E-state index is -0.704. The number of hydrogen-bond donors (Lipinski definition) is 0. The third-order valence-corrected chi connectivity index (χ3v) is 3.63. The smallest absolute Gasteiger partial charge is 0.135 e. The van der Waals surface area contributed by atoms with Crippen molar-refractivity contribution in [3.8, 4) is 0 Å². The van der Waals surface area contributed by atoms with Gasteiger partial charge in [-0.2, -0.15) is 5.10 Å². The molecule has 2 aromatic heterocycles. The fraction of sp³-hybridized carbons (Fsp3) is 0.400. The topological polar surface area (TPSA) is 34.0 Å². The van der Waals surface area contributed by atoms with Gasteiger partial charge in [-0.25, -0.2) is 4.39 Å². The Balaban J connectivity index is 2.17. The first kappa shape index (κ1) is 10.2. The number of rotatable bonds is 1. The lowest BCUT2D eigenvalue weighted by Crippen LogP contribution is -2.48. The van der Waals surface area contributed by atoms with Gasteiger partial charge in [-0.1, -0.05) is 0 Å². The maximum absolute atomic E-state index is 12.9. The normalized spacial score (nSPS) is 16.8. The number of anilines is 1. The molecule has 3 heterocycles. The van der Waals surface area contributed by atoms with Gasteiger partial charge in [0.05, 0.1) is 42.1 Å². The van der Waals surface area contributed by atoms with Crippen LogP contribution in [-0.4, -0.2) is 34.0 Å². The number of pyridine rings is 1. The predicted molar refractivity (Wildman–Crippen MR) is 68.3 cm³/mol. The maximum atomic E-state index is 12.9. The minimum Gasteiger partial charge on any atom is -0.364 e. The Bertz CT molecular complexity index is 547. The van der Waals surface area contributed by atoms with Crippen molar-refractivity contribution in [1.82, 2.24) is 14.8 Å². The highest BCUT2D eigenvalue weighted by molar-refractivity contribution is 14.1. The quantitative estimate of drug-likeness (QED) is 0.746. The molecule has 0 unspecified atom stereocenters. The summed E-state index contributed by atoms with van der Waals surface area (Å²) in [5.74, 6) is 0. The molecule has 1 aliphatic rings. The number of halogens is 2. The van der Waals surface area contributed by atoms with Crippen LogP contribution in [0.4, 0.5) is 10.1 Å². The van der Waals surface area contributed by atoms with Crippen molar-refractivity contribution >= 4 is 39.2 Å². The largest absolute Gasteiger partial charge is 0.364 e. The van der Waals surface area contributed by atoms with E-state index in [1.165, 1.54) is 0 Å². The third-order valence-electron chi connectivity index (χ3n) is 2.88. The highest BCUT2D eigenvalue weighted by Gasteiger charge is 2.28. The van der Waals surface area contributed by atoms with Crippen molar-refractivity contribution in [2.24, 2.45) is 7.05 Å². The van der Waals surface area contributed by atoms with Crippen LogP contribution in [0.5, 0.6) is 0 Å². The van der Waals surface area contributed by atoms with Gasteiger partial charge in [-0.15, -0.1) is 0 Å². The van der Waals surface area contributed by atoms with E-state index in [-0.39, 0.29) is 0 Å². The Morgan fingerprint density at radius 3 is 2.88 bits per heavy atom. The van der Waals surface area contributed by atoms with Gasteiger partial charge in [0.1, 0.15) is 9.87 Å². The molecule has 0 aromatic carbocycles. The van der Waals surface area contributed by atoms with Gasteiger partial charge in [0.25, 0.3) is 0 Å². The molecule has 1 fully saturated rings. The molecule has 0 N–H and O–H groups in total. The van der Waals surface area contributed by atoms with Gasteiger partial charge < -0.3 is 4.90 Å². The highest BCUT2D eigenvalue weighted by Crippen LogP contribution is 2.32. The van der Waals surface area contributed by atoms with Gasteiger partial charge in [0, 0.05) is 7.05 Å². The summed E-state index contributed by atoms with van der Waals surface area (Å²) < 4.78 is 15.6. The summed E-state index contributed by atoms with van der Waals surface area (Å²) in [6, 6.07) is 0. The molecule has 0 radical (unpaired) electrons. The average molecular weight is 332 g/mol. The van der Waals surface area contributed by atoms with Crippen LogP contribution in [0.2, 0.25) is 0 Å². The molecular formula is C10H10FIN4. The molecule has 0 aliphatic carbocycles. The summed E-state index contributed by atoms with van der Waals surface area (Å²) >= 11 is 2.20. The van der Waals surface area contributed by atoms with Crippen molar-refractivity contribution < 1.29 is 4.39 Å². The van der Waals surface area contributed by atoms with Gasteiger partial charge >= 0.3 is 0 Å². The first-order valence-corrected chi connectivity index (χ1v) is 6.10. The van der Waals surface area contributed by atoms with Crippen molar-refractivity contribution in [1.29, 1.82) is 0 Å². The maximum Gasteiger partial charge on any atom is 0.135 e. The Labute approximate surface area is 106 Å². The minimum absolute atomic E-state index is 0.464. The molecule has 4 nitrogen and oxygen atoms in total. The first-order valence-electron chi connectivity index (χ1n) is 5.02. The number of fused-ring (bicyclic) bond motifs is 1. The molecule has 0 spiro atoms. The second kappa shape index (κ2) is 3.54. The second-order valence-corrected chi connectivity index (χ2v) is 4.99. The highest BCUT2D eigenvalue weighted by atomic mass is 127. The summed E-state index contributed by atoms with van der Waals surface area (Å²) in [4.78, 5) is 6.19. The summed E-state index contributed by atoms with van der Waals surface area (Å²) in [5, 5.41) is 5.43. The Kier molecular flexibility index (Phi) is 2.27. The number of nitrogens with zero attached hydrogens (tertiary/aromatic N) is 4. The lowest BCUT2D eigenvalue weighted by molar-refractivity contribution is 0.275. The zero-order valence-electron chi connectivity index (χ0n) is 8.69. The molecule has 1 aliphatic heterocycles. The molecule has 0 bridgehead atoms. The molecule has 0 saturated carbocycles. The monoisotopic (exact) mass is 332 g/mol. The molecule has 84 valence electrons. The molecule has 3 rings (SSSR count). The van der Waals surface area contributed by atoms with E-state index in [2.05, 4.69) is 32.7 Å². The standard InChI is InChI=1S/C10H10FIN4/c1-15-7-2-13-3-8(9(7)10(12)14-15)16-4-6(11)5-16/h2-3,6H,4-5H2,1H3. The summed E-state index contributed by atoms with van der Waals surface area (Å²) in [6.45, 7) is 0.928. The fourth-order valence-corrected chi connectivity index (χ4v) is 2.87. The van der Waals surface area contributed by atoms with Gasteiger partial charge in [-0.05, 0) is 22.6 Å².